The summed E-state index contributed by atoms with van der Waals surface area (Å²) < 4.78 is 102. The Hall–Kier alpha value is 0.669. The smallest absolute Gasteiger partial charge is 0.457 e. The van der Waals surface area contributed by atoms with Gasteiger partial charge in [-0.1, -0.05) is 0 Å². The monoisotopic (exact) mass is 609 g/mol. The van der Waals surface area contributed by atoms with Gasteiger partial charge in [0.1, 0.15) is 0 Å². The SMILES string of the molecule is C[NH2+]CCN1CCNCCNCCNCC1.[Cu+2].[O-][Cl+3]([O-])([O-])[O-].[O-][Cl+3]([O-])([O-])[O-].[O-][Cl+3]([O-])([O-])[O-].[OH3+]. The molecule has 0 amide bonds. The Balaban J connectivity index is -0.000000128. The van der Waals surface area contributed by atoms with Crippen LogP contribution in [0.15, 0.2) is 0 Å². The first-order valence-electron chi connectivity index (χ1n) is 8.41. The summed E-state index contributed by atoms with van der Waals surface area (Å²) in [5.41, 5.74) is 0. The van der Waals surface area contributed by atoms with Crippen molar-refractivity contribution in [2.45, 2.75) is 0 Å². The number of nitrogens with two attached hydrogens (primary N) is 1. The maximum absolute atomic E-state index is 8.49. The molecule has 0 bridgehead atoms. The number of nitrogens with zero attached hydrogens (tertiary/aromatic N) is 1. The summed E-state index contributed by atoms with van der Waals surface area (Å²) in [5.74, 6) is 0. The number of halogens is 3. The van der Waals surface area contributed by atoms with Crippen molar-refractivity contribution in [2.75, 3.05) is 72.5 Å². The standard InChI is InChI=1S/C11H27N5.3ClHO4.Cu.H2O/c1-12-6-9-16-10-7-14-4-2-13-3-5-15-8-11-16;3*2-1(3,4)5;;/h12-15H,2-11H2,1H3;3*(H,2,3,4,5);;1H2/q;;;;+2;/p-1. The molecule has 1 aliphatic heterocycles. The summed E-state index contributed by atoms with van der Waals surface area (Å²) in [6, 6.07) is 0. The summed E-state index contributed by atoms with van der Waals surface area (Å²) >= 11 is 0. The van der Waals surface area contributed by atoms with Crippen LogP contribution >= 0.6 is 0 Å². The van der Waals surface area contributed by atoms with Gasteiger partial charge in [-0.2, -0.15) is 0 Å². The fourth-order valence-electron chi connectivity index (χ4n) is 1.85. The van der Waals surface area contributed by atoms with Crippen LogP contribution in [0.25, 0.3) is 0 Å². The van der Waals surface area contributed by atoms with Gasteiger partial charge in [-0.25, -0.2) is 55.9 Å². The first-order chi connectivity index (χ1) is 13.9. The zero-order valence-electron chi connectivity index (χ0n) is 17.5. The van der Waals surface area contributed by atoms with E-state index in [2.05, 4.69) is 33.2 Å². The van der Waals surface area contributed by atoms with Crippen molar-refractivity contribution in [3.63, 3.8) is 0 Å². The first kappa shape index (κ1) is 43.7. The Labute approximate surface area is 207 Å². The molecule has 0 unspecified atom stereocenters. The zero-order chi connectivity index (χ0) is 25.0. The van der Waals surface area contributed by atoms with E-state index in [4.69, 9.17) is 55.9 Å². The third-order valence-corrected chi connectivity index (χ3v) is 2.90. The second-order valence-electron chi connectivity index (χ2n) is 5.42. The largest absolute Gasteiger partial charge is 2.00 e. The van der Waals surface area contributed by atoms with Crippen LogP contribution in [0.3, 0.4) is 0 Å². The van der Waals surface area contributed by atoms with E-state index >= 15 is 0 Å². The predicted molar refractivity (Wildman–Crippen MR) is 72.6 cm³/mol. The van der Waals surface area contributed by atoms with E-state index < -0.39 is 30.7 Å². The van der Waals surface area contributed by atoms with Gasteiger partial charge in [0, 0.05) is 58.9 Å². The van der Waals surface area contributed by atoms with E-state index in [1.54, 1.807) is 0 Å². The average Bonchev–Trinajstić information content (AvgIpc) is 2.49. The minimum absolute atomic E-state index is 0. The number of quaternary nitrogens is 1. The maximum Gasteiger partial charge on any atom is 2.00 e. The minimum atomic E-state index is -4.94. The Morgan fingerprint density at radius 1 is 0.606 bits per heavy atom. The minimum Gasteiger partial charge on any atom is -0.457 e. The van der Waals surface area contributed by atoms with Crippen LogP contribution in [0.2, 0.25) is 0 Å². The number of hydrogen-bond acceptors (Lipinski definition) is 16. The van der Waals surface area contributed by atoms with Crippen molar-refractivity contribution >= 4 is 0 Å². The van der Waals surface area contributed by atoms with E-state index in [-0.39, 0.29) is 22.5 Å². The van der Waals surface area contributed by atoms with Crippen LogP contribution < -0.4 is 77.2 Å². The third-order valence-electron chi connectivity index (χ3n) is 2.90. The fourth-order valence-corrected chi connectivity index (χ4v) is 1.85. The third kappa shape index (κ3) is 88.2. The fraction of sp³-hybridized carbons (Fsp3) is 1.00. The van der Waals surface area contributed by atoms with E-state index in [0.717, 1.165) is 52.4 Å². The molecule has 209 valence electrons. The summed E-state index contributed by atoms with van der Waals surface area (Å²) in [6.45, 7) is 11.2. The Kier molecular flexibility index (Phi) is 34.1. The Bertz CT molecular complexity index is 336. The molecule has 0 saturated carbocycles. The van der Waals surface area contributed by atoms with Crippen molar-refractivity contribution in [1.82, 2.24) is 20.9 Å². The topological polar surface area (TPSA) is 366 Å². The zero-order valence-corrected chi connectivity index (χ0v) is 20.7. The van der Waals surface area contributed by atoms with Crippen molar-refractivity contribution in [3.8, 4) is 0 Å². The molecule has 0 spiro atoms. The summed E-state index contributed by atoms with van der Waals surface area (Å²) in [4.78, 5) is 2.54. The van der Waals surface area contributed by atoms with Crippen LogP contribution in [-0.2, 0) is 22.5 Å². The van der Waals surface area contributed by atoms with Crippen LogP contribution in [0.4, 0.5) is 0 Å². The van der Waals surface area contributed by atoms with Gasteiger partial charge in [-0.05, 0) is 0 Å². The number of likely N-dealkylation sites (N-methyl/N-ethyl adjacent to an activating group) is 1. The van der Waals surface area contributed by atoms with Crippen LogP contribution in [0, 0.1) is 30.7 Å². The predicted octanol–water partition coefficient (Wildman–Crippen LogP) is -17.9. The molecular weight excluding hydrogens is 580 g/mol. The molecule has 1 fully saturated rings. The van der Waals surface area contributed by atoms with Crippen molar-refractivity contribution < 1.29 is 114 Å². The molecule has 1 radical (unpaired) electrons. The second kappa shape index (κ2) is 25.8. The molecule has 0 aromatic heterocycles. The molecular formula is C11H31Cl3CuN5O13+. The Morgan fingerprint density at radius 3 is 1.09 bits per heavy atom. The maximum atomic E-state index is 8.49. The molecule has 0 aromatic rings. The number of nitrogens with one attached hydrogen (secondary N) is 3. The molecule has 0 aromatic carbocycles. The average molecular weight is 611 g/mol. The second-order valence-corrected chi connectivity index (χ2v) is 7.69. The van der Waals surface area contributed by atoms with Crippen LogP contribution in [-0.4, -0.2) is 77.4 Å². The van der Waals surface area contributed by atoms with Gasteiger partial charge in [-0.15, -0.1) is 30.7 Å². The van der Waals surface area contributed by atoms with E-state index in [1.165, 1.54) is 13.1 Å². The number of rotatable bonds is 3. The van der Waals surface area contributed by atoms with Crippen molar-refractivity contribution in [1.29, 1.82) is 0 Å². The molecule has 33 heavy (non-hydrogen) atoms. The van der Waals surface area contributed by atoms with Crippen LogP contribution in [0.5, 0.6) is 0 Å². The molecule has 0 aliphatic carbocycles. The molecule has 1 heterocycles. The Morgan fingerprint density at radius 2 is 0.848 bits per heavy atom. The van der Waals surface area contributed by atoms with E-state index in [0.29, 0.717) is 0 Å². The molecule has 0 atom stereocenters. The van der Waals surface area contributed by atoms with Gasteiger partial charge >= 0.3 is 17.1 Å². The molecule has 1 saturated heterocycles. The summed E-state index contributed by atoms with van der Waals surface area (Å²) in [6.07, 6.45) is 0. The van der Waals surface area contributed by atoms with E-state index in [9.17, 15) is 0 Å². The van der Waals surface area contributed by atoms with Crippen molar-refractivity contribution in [2.24, 2.45) is 0 Å². The molecule has 8 N–H and O–H groups in total. The first-order valence-corrected chi connectivity index (χ1v) is 12.1. The van der Waals surface area contributed by atoms with Gasteiger partial charge < -0.3 is 26.7 Å². The molecule has 1 rings (SSSR count). The van der Waals surface area contributed by atoms with Crippen LogP contribution in [0.1, 0.15) is 0 Å². The van der Waals surface area contributed by atoms with E-state index in [1.807, 2.05) is 0 Å². The van der Waals surface area contributed by atoms with Gasteiger partial charge in [0.05, 0.1) is 13.6 Å². The number of hydrogen-bond donors (Lipinski definition) is 4. The van der Waals surface area contributed by atoms with Gasteiger partial charge in [0.15, 0.2) is 0 Å². The molecule has 1 aliphatic rings. The quantitative estimate of drug-likeness (QED) is 0.170. The molecule has 18 nitrogen and oxygen atoms in total. The normalized spacial score (nSPS) is 16.3. The van der Waals surface area contributed by atoms with Gasteiger partial charge in [-0.3, -0.25) is 4.90 Å². The molecule has 22 heteroatoms. The van der Waals surface area contributed by atoms with Gasteiger partial charge in [0.25, 0.3) is 0 Å². The summed E-state index contributed by atoms with van der Waals surface area (Å²) in [5, 5.41) is 12.6. The van der Waals surface area contributed by atoms with Crippen molar-refractivity contribution in [3.05, 3.63) is 0 Å². The summed E-state index contributed by atoms with van der Waals surface area (Å²) in [7, 11) is -12.7. The van der Waals surface area contributed by atoms with Gasteiger partial charge in [0.2, 0.25) is 0 Å².